The van der Waals surface area contributed by atoms with Crippen LogP contribution >= 0.6 is 0 Å². The third-order valence-electron chi connectivity index (χ3n) is 11.0. The zero-order valence-corrected chi connectivity index (χ0v) is 29.1. The van der Waals surface area contributed by atoms with Gasteiger partial charge in [-0.3, -0.25) is 0 Å². The minimum Gasteiger partial charge on any atom is -0.208 e. The van der Waals surface area contributed by atoms with Crippen molar-refractivity contribution in [3.8, 4) is 78.7 Å². The quantitative estimate of drug-likeness (QED) is 0.184. The Hall–Kier alpha value is -6.45. The second kappa shape index (κ2) is 11.8. The molecular formula is C49H35N3. The number of hydrogen-bond donors (Lipinski definition) is 0. The smallest absolute Gasteiger partial charge is 0.164 e. The van der Waals surface area contributed by atoms with E-state index in [4.69, 9.17) is 15.0 Å². The molecule has 0 unspecified atom stereocenters. The zero-order valence-electron chi connectivity index (χ0n) is 29.1. The number of hydrogen-bond acceptors (Lipinski definition) is 3. The van der Waals surface area contributed by atoms with E-state index >= 15 is 0 Å². The predicted octanol–water partition coefficient (Wildman–Crippen LogP) is 12.1. The third-order valence-corrected chi connectivity index (χ3v) is 11.0. The van der Waals surface area contributed by atoms with E-state index in [1.165, 1.54) is 61.2 Å². The van der Waals surface area contributed by atoms with Crippen LogP contribution in [0.1, 0.15) is 36.1 Å². The van der Waals surface area contributed by atoms with Crippen LogP contribution in [0, 0.1) is 0 Å². The molecule has 1 aromatic heterocycles. The second-order valence-electron chi connectivity index (χ2n) is 14.5. The molecule has 0 aliphatic heterocycles. The lowest BCUT2D eigenvalue weighted by Gasteiger charge is -2.22. The fourth-order valence-corrected chi connectivity index (χ4v) is 8.19. The van der Waals surface area contributed by atoms with Crippen LogP contribution < -0.4 is 0 Å². The van der Waals surface area contributed by atoms with E-state index in [0.29, 0.717) is 17.5 Å². The molecule has 0 spiro atoms. The fourth-order valence-electron chi connectivity index (χ4n) is 8.19. The molecule has 0 atom stereocenters. The molecular weight excluding hydrogens is 631 g/mol. The van der Waals surface area contributed by atoms with Crippen LogP contribution in [-0.4, -0.2) is 15.0 Å². The van der Waals surface area contributed by atoms with Gasteiger partial charge in [0, 0.05) is 22.1 Å². The van der Waals surface area contributed by atoms with Crippen molar-refractivity contribution in [3.63, 3.8) is 0 Å². The molecule has 3 heteroatoms. The minimum absolute atomic E-state index is 0.0256. The Morgan fingerprint density at radius 2 is 0.808 bits per heavy atom. The van der Waals surface area contributed by atoms with E-state index in [1.54, 1.807) is 0 Å². The molecule has 0 bridgehead atoms. The topological polar surface area (TPSA) is 38.7 Å². The SMILES string of the molecule is CC1(C)c2ccccc2-c2ccc(-c3ccc4c(c3)-c3cc(-c5cccc(-c6nc(-c7ccccc7)nc(-c7ccccc7)n6)c5)ccc3C4)cc21. The first kappa shape index (κ1) is 30.4. The van der Waals surface area contributed by atoms with E-state index in [0.717, 1.165) is 28.7 Å². The highest BCUT2D eigenvalue weighted by Crippen LogP contribution is 2.50. The summed E-state index contributed by atoms with van der Waals surface area (Å²) in [5, 5.41) is 0. The molecule has 246 valence electrons. The largest absolute Gasteiger partial charge is 0.208 e. The second-order valence-corrected chi connectivity index (χ2v) is 14.5. The van der Waals surface area contributed by atoms with Gasteiger partial charge in [0.05, 0.1) is 0 Å². The number of benzene rings is 7. The monoisotopic (exact) mass is 665 g/mol. The van der Waals surface area contributed by atoms with Gasteiger partial charge in [0.15, 0.2) is 17.5 Å². The molecule has 2 aliphatic rings. The first-order chi connectivity index (χ1) is 25.5. The van der Waals surface area contributed by atoms with Gasteiger partial charge in [-0.15, -0.1) is 0 Å². The Bertz CT molecular complexity index is 2620. The summed E-state index contributed by atoms with van der Waals surface area (Å²) in [6, 6.07) is 58.7. The lowest BCUT2D eigenvalue weighted by molar-refractivity contribution is 0.660. The fraction of sp³-hybridized carbons (Fsp3) is 0.0816. The maximum absolute atomic E-state index is 4.98. The van der Waals surface area contributed by atoms with Crippen molar-refractivity contribution in [1.29, 1.82) is 0 Å². The van der Waals surface area contributed by atoms with Crippen molar-refractivity contribution in [2.45, 2.75) is 25.7 Å². The van der Waals surface area contributed by atoms with Crippen LogP contribution in [0.2, 0.25) is 0 Å². The van der Waals surface area contributed by atoms with Crippen LogP contribution in [0.3, 0.4) is 0 Å². The van der Waals surface area contributed by atoms with Crippen molar-refractivity contribution < 1.29 is 0 Å². The van der Waals surface area contributed by atoms with Gasteiger partial charge in [-0.1, -0.05) is 153 Å². The van der Waals surface area contributed by atoms with Gasteiger partial charge in [0.1, 0.15) is 0 Å². The Labute approximate surface area is 304 Å². The van der Waals surface area contributed by atoms with E-state index in [9.17, 15) is 0 Å². The summed E-state index contributed by atoms with van der Waals surface area (Å²) in [6.07, 6.45) is 0.952. The summed E-state index contributed by atoms with van der Waals surface area (Å²) in [5.74, 6) is 1.99. The molecule has 0 N–H and O–H groups in total. The zero-order chi connectivity index (χ0) is 34.8. The first-order valence-corrected chi connectivity index (χ1v) is 18.0. The van der Waals surface area contributed by atoms with E-state index in [2.05, 4.69) is 117 Å². The minimum atomic E-state index is -0.0256. The third kappa shape index (κ3) is 5.00. The van der Waals surface area contributed by atoms with Gasteiger partial charge in [-0.05, 0) is 97.4 Å². The molecule has 7 aromatic carbocycles. The van der Waals surface area contributed by atoms with Crippen LogP contribution in [-0.2, 0) is 11.8 Å². The van der Waals surface area contributed by atoms with Crippen LogP contribution in [0.4, 0.5) is 0 Å². The molecule has 8 aromatic rings. The summed E-state index contributed by atoms with van der Waals surface area (Å²) < 4.78 is 0. The Kier molecular flexibility index (Phi) is 6.91. The van der Waals surface area contributed by atoms with E-state index < -0.39 is 0 Å². The molecule has 52 heavy (non-hydrogen) atoms. The lowest BCUT2D eigenvalue weighted by atomic mass is 9.81. The summed E-state index contributed by atoms with van der Waals surface area (Å²) in [6.45, 7) is 4.70. The van der Waals surface area contributed by atoms with E-state index in [1.807, 2.05) is 60.7 Å². The van der Waals surface area contributed by atoms with Crippen molar-refractivity contribution >= 4 is 0 Å². The van der Waals surface area contributed by atoms with Gasteiger partial charge in [0.2, 0.25) is 0 Å². The number of nitrogens with zero attached hydrogens (tertiary/aromatic N) is 3. The van der Waals surface area contributed by atoms with Crippen molar-refractivity contribution in [3.05, 3.63) is 186 Å². The predicted molar refractivity (Wildman–Crippen MR) is 213 cm³/mol. The molecule has 1 heterocycles. The maximum Gasteiger partial charge on any atom is 0.164 e. The highest BCUT2D eigenvalue weighted by molar-refractivity contribution is 5.87. The van der Waals surface area contributed by atoms with Crippen LogP contribution in [0.5, 0.6) is 0 Å². The average molecular weight is 666 g/mol. The molecule has 0 fully saturated rings. The van der Waals surface area contributed by atoms with Crippen LogP contribution in [0.15, 0.2) is 164 Å². The number of rotatable bonds is 5. The van der Waals surface area contributed by atoms with Crippen molar-refractivity contribution in [2.24, 2.45) is 0 Å². The number of aromatic nitrogens is 3. The molecule has 0 radical (unpaired) electrons. The standard InChI is InChI=1S/C49H35N3/c1-49(2)44-19-10-9-18-40(44)41-25-24-36(30-45(41)49)35-21-23-38-27-37-22-20-34(28-42(37)43(38)29-35)33-16-11-17-39(26-33)48-51-46(31-12-5-3-6-13-31)50-47(52-48)32-14-7-4-8-15-32/h3-26,28-30H,27H2,1-2H3. The van der Waals surface area contributed by atoms with Crippen molar-refractivity contribution in [1.82, 2.24) is 15.0 Å². The molecule has 10 rings (SSSR count). The maximum atomic E-state index is 4.98. The molecule has 3 nitrogen and oxygen atoms in total. The van der Waals surface area contributed by atoms with Gasteiger partial charge >= 0.3 is 0 Å². The summed E-state index contributed by atoms with van der Waals surface area (Å²) in [5.41, 5.74) is 18.6. The Balaban J connectivity index is 1.02. The van der Waals surface area contributed by atoms with Gasteiger partial charge in [0.25, 0.3) is 0 Å². The molecule has 0 amide bonds. The Morgan fingerprint density at radius 1 is 0.346 bits per heavy atom. The van der Waals surface area contributed by atoms with Crippen LogP contribution in [0.25, 0.3) is 78.7 Å². The highest BCUT2D eigenvalue weighted by atomic mass is 15.0. The summed E-state index contributed by atoms with van der Waals surface area (Å²) >= 11 is 0. The highest BCUT2D eigenvalue weighted by Gasteiger charge is 2.35. The Morgan fingerprint density at radius 3 is 1.44 bits per heavy atom. The van der Waals surface area contributed by atoms with Gasteiger partial charge in [-0.2, -0.15) is 0 Å². The molecule has 0 saturated heterocycles. The molecule has 0 saturated carbocycles. The van der Waals surface area contributed by atoms with Gasteiger partial charge in [-0.25, -0.2) is 15.0 Å². The lowest BCUT2D eigenvalue weighted by Crippen LogP contribution is -2.14. The van der Waals surface area contributed by atoms with Gasteiger partial charge < -0.3 is 0 Å². The average Bonchev–Trinajstić information content (AvgIpc) is 3.69. The molecule has 2 aliphatic carbocycles. The normalized spacial score (nSPS) is 13.3. The summed E-state index contributed by atoms with van der Waals surface area (Å²) in [4.78, 5) is 14.8. The summed E-state index contributed by atoms with van der Waals surface area (Å²) in [7, 11) is 0. The van der Waals surface area contributed by atoms with E-state index in [-0.39, 0.29) is 5.41 Å². The number of fused-ring (bicyclic) bond motifs is 6. The first-order valence-electron chi connectivity index (χ1n) is 18.0. The van der Waals surface area contributed by atoms with Crippen molar-refractivity contribution in [2.75, 3.05) is 0 Å².